The maximum atomic E-state index is 12.0. The second kappa shape index (κ2) is 6.47. The summed E-state index contributed by atoms with van der Waals surface area (Å²) in [7, 11) is 0. The van der Waals surface area contributed by atoms with Crippen LogP contribution in [0.2, 0.25) is 0 Å². The van der Waals surface area contributed by atoms with Crippen molar-refractivity contribution in [3.05, 3.63) is 59.9 Å². The molecule has 1 aromatic heterocycles. The highest BCUT2D eigenvalue weighted by Gasteiger charge is 2.06. The van der Waals surface area contributed by atoms with Crippen molar-refractivity contribution < 1.29 is 9.59 Å². The fourth-order valence-corrected chi connectivity index (χ4v) is 1.73. The molecule has 0 saturated carbocycles. The van der Waals surface area contributed by atoms with E-state index in [-0.39, 0.29) is 11.8 Å². The van der Waals surface area contributed by atoms with Gasteiger partial charge in [-0.25, -0.2) is 0 Å². The summed E-state index contributed by atoms with van der Waals surface area (Å²) in [4.78, 5) is 27.0. The van der Waals surface area contributed by atoms with Crippen LogP contribution in [0.5, 0.6) is 0 Å². The van der Waals surface area contributed by atoms with Gasteiger partial charge in [0.05, 0.1) is 0 Å². The molecule has 2 rings (SSSR count). The molecule has 2 aromatic rings. The fraction of sp³-hybridized carbons (Fsp3) is 0.133. The van der Waals surface area contributed by atoms with Crippen LogP contribution in [0.25, 0.3) is 0 Å². The van der Waals surface area contributed by atoms with Crippen LogP contribution in [0, 0.1) is 0 Å². The van der Waals surface area contributed by atoms with Crippen molar-refractivity contribution in [2.75, 3.05) is 5.32 Å². The second-order valence-electron chi connectivity index (χ2n) is 4.31. The number of pyridine rings is 1. The number of rotatable bonds is 4. The van der Waals surface area contributed by atoms with Crippen molar-refractivity contribution in [1.82, 2.24) is 10.3 Å². The van der Waals surface area contributed by atoms with Crippen LogP contribution in [-0.4, -0.2) is 16.8 Å². The molecule has 0 aliphatic carbocycles. The normalized spacial score (nSPS) is 9.85. The summed E-state index contributed by atoms with van der Waals surface area (Å²) in [6, 6.07) is 10.5. The fourth-order valence-electron chi connectivity index (χ4n) is 1.73. The number of anilines is 1. The Kier molecular flexibility index (Phi) is 4.44. The van der Waals surface area contributed by atoms with Crippen molar-refractivity contribution in [1.29, 1.82) is 0 Å². The lowest BCUT2D eigenvalue weighted by Crippen LogP contribution is -2.23. The number of hydrogen-bond donors (Lipinski definition) is 2. The summed E-state index contributed by atoms with van der Waals surface area (Å²) in [5.74, 6) is -0.362. The van der Waals surface area contributed by atoms with E-state index < -0.39 is 0 Å². The molecular weight excluding hydrogens is 254 g/mol. The Bertz CT molecular complexity index is 612. The van der Waals surface area contributed by atoms with Gasteiger partial charge in [-0.15, -0.1) is 0 Å². The topological polar surface area (TPSA) is 71.1 Å². The minimum atomic E-state index is -0.193. The van der Waals surface area contributed by atoms with Crippen LogP contribution in [0.1, 0.15) is 22.8 Å². The molecule has 0 bridgehead atoms. The summed E-state index contributed by atoms with van der Waals surface area (Å²) in [5, 5.41) is 5.45. The van der Waals surface area contributed by atoms with Crippen molar-refractivity contribution in [3.63, 3.8) is 0 Å². The summed E-state index contributed by atoms with van der Waals surface area (Å²) < 4.78 is 0. The van der Waals surface area contributed by atoms with E-state index in [1.807, 2.05) is 12.1 Å². The molecule has 0 radical (unpaired) electrons. The van der Waals surface area contributed by atoms with Gasteiger partial charge in [-0.1, -0.05) is 12.1 Å². The number of aromatic nitrogens is 1. The maximum Gasteiger partial charge on any atom is 0.251 e. The molecule has 102 valence electrons. The minimum absolute atomic E-state index is 0.169. The predicted molar refractivity (Wildman–Crippen MR) is 76.2 cm³/mol. The zero-order valence-electron chi connectivity index (χ0n) is 11.1. The van der Waals surface area contributed by atoms with Crippen LogP contribution < -0.4 is 10.6 Å². The lowest BCUT2D eigenvalue weighted by atomic mass is 10.2. The number of benzene rings is 1. The van der Waals surface area contributed by atoms with E-state index in [4.69, 9.17) is 0 Å². The van der Waals surface area contributed by atoms with Gasteiger partial charge in [0.2, 0.25) is 5.91 Å². The first-order valence-electron chi connectivity index (χ1n) is 6.20. The van der Waals surface area contributed by atoms with E-state index in [1.165, 1.54) is 6.92 Å². The molecule has 0 atom stereocenters. The van der Waals surface area contributed by atoms with Crippen LogP contribution >= 0.6 is 0 Å². The Morgan fingerprint density at radius 1 is 1.20 bits per heavy atom. The number of carbonyl (C=O) groups excluding carboxylic acids is 2. The molecule has 5 nitrogen and oxygen atoms in total. The van der Waals surface area contributed by atoms with Gasteiger partial charge in [0.1, 0.15) is 0 Å². The van der Waals surface area contributed by atoms with Gasteiger partial charge in [-0.2, -0.15) is 0 Å². The number of amides is 2. The zero-order chi connectivity index (χ0) is 14.4. The van der Waals surface area contributed by atoms with Gasteiger partial charge in [-0.3, -0.25) is 14.6 Å². The van der Waals surface area contributed by atoms with Crippen LogP contribution in [0.15, 0.2) is 48.8 Å². The molecule has 0 unspecified atom stereocenters. The largest absolute Gasteiger partial charge is 0.348 e. The van der Waals surface area contributed by atoms with Crippen molar-refractivity contribution in [2.24, 2.45) is 0 Å². The van der Waals surface area contributed by atoms with Crippen molar-refractivity contribution in [2.45, 2.75) is 13.5 Å². The third-order valence-corrected chi connectivity index (χ3v) is 2.62. The molecule has 0 fully saturated rings. The molecule has 20 heavy (non-hydrogen) atoms. The molecule has 0 spiro atoms. The summed E-state index contributed by atoms with van der Waals surface area (Å²) in [5.41, 5.74) is 2.03. The highest BCUT2D eigenvalue weighted by atomic mass is 16.2. The molecule has 1 heterocycles. The molecule has 1 aromatic carbocycles. The Morgan fingerprint density at radius 2 is 2.05 bits per heavy atom. The number of nitrogens with zero attached hydrogens (tertiary/aromatic N) is 1. The number of nitrogens with one attached hydrogen (secondary N) is 2. The lowest BCUT2D eigenvalue weighted by Gasteiger charge is -2.07. The monoisotopic (exact) mass is 269 g/mol. The van der Waals surface area contributed by atoms with Crippen LogP contribution in [0.3, 0.4) is 0 Å². The summed E-state index contributed by atoms with van der Waals surface area (Å²) >= 11 is 0. The highest BCUT2D eigenvalue weighted by molar-refractivity contribution is 5.96. The predicted octanol–water partition coefficient (Wildman–Crippen LogP) is 1.97. The van der Waals surface area contributed by atoms with Gasteiger partial charge < -0.3 is 10.6 Å². The van der Waals surface area contributed by atoms with Crippen molar-refractivity contribution >= 4 is 17.5 Å². The lowest BCUT2D eigenvalue weighted by molar-refractivity contribution is -0.114. The van der Waals surface area contributed by atoms with E-state index >= 15 is 0 Å². The molecule has 2 amide bonds. The first-order chi connectivity index (χ1) is 9.65. The van der Waals surface area contributed by atoms with E-state index in [9.17, 15) is 9.59 Å². The van der Waals surface area contributed by atoms with Gasteiger partial charge in [0.15, 0.2) is 0 Å². The molecular formula is C15H15N3O2. The Balaban J connectivity index is 2.00. The van der Waals surface area contributed by atoms with E-state index in [0.29, 0.717) is 17.8 Å². The van der Waals surface area contributed by atoms with E-state index in [2.05, 4.69) is 15.6 Å². The average Bonchev–Trinajstić information content (AvgIpc) is 2.45. The number of hydrogen-bond acceptors (Lipinski definition) is 3. The molecule has 5 heteroatoms. The maximum absolute atomic E-state index is 12.0. The zero-order valence-corrected chi connectivity index (χ0v) is 11.1. The molecule has 0 aliphatic rings. The highest BCUT2D eigenvalue weighted by Crippen LogP contribution is 2.10. The van der Waals surface area contributed by atoms with Crippen molar-refractivity contribution in [3.8, 4) is 0 Å². The average molecular weight is 269 g/mol. The van der Waals surface area contributed by atoms with Gasteiger partial charge in [0, 0.05) is 37.1 Å². The Morgan fingerprint density at radius 3 is 2.75 bits per heavy atom. The number of carbonyl (C=O) groups is 2. The Hall–Kier alpha value is -2.69. The quantitative estimate of drug-likeness (QED) is 0.891. The first kappa shape index (κ1) is 13.7. The van der Waals surface area contributed by atoms with E-state index in [1.54, 1.807) is 36.7 Å². The van der Waals surface area contributed by atoms with Gasteiger partial charge in [0.25, 0.3) is 5.91 Å². The third kappa shape index (κ3) is 3.91. The molecule has 0 aliphatic heterocycles. The minimum Gasteiger partial charge on any atom is -0.348 e. The second-order valence-corrected chi connectivity index (χ2v) is 4.31. The molecule has 0 saturated heterocycles. The van der Waals surface area contributed by atoms with Crippen LogP contribution in [0.4, 0.5) is 5.69 Å². The third-order valence-electron chi connectivity index (χ3n) is 2.62. The molecule has 2 N–H and O–H groups in total. The van der Waals surface area contributed by atoms with Crippen LogP contribution in [-0.2, 0) is 11.3 Å². The summed E-state index contributed by atoms with van der Waals surface area (Å²) in [6.45, 7) is 1.84. The Labute approximate surface area is 117 Å². The summed E-state index contributed by atoms with van der Waals surface area (Å²) in [6.07, 6.45) is 3.39. The van der Waals surface area contributed by atoms with E-state index in [0.717, 1.165) is 5.56 Å². The van der Waals surface area contributed by atoms with Gasteiger partial charge in [-0.05, 0) is 29.8 Å². The smallest absolute Gasteiger partial charge is 0.251 e. The SMILES string of the molecule is CC(=O)Nc1cccc(C(=O)NCc2cccnc2)c1. The standard InChI is InChI=1S/C15H15N3O2/c1-11(19)18-14-6-2-5-13(8-14)15(20)17-10-12-4-3-7-16-9-12/h2-9H,10H2,1H3,(H,17,20)(H,18,19). The first-order valence-corrected chi connectivity index (χ1v) is 6.20. The van der Waals surface area contributed by atoms with Gasteiger partial charge >= 0.3 is 0 Å².